The molecule has 108 valence electrons. The van der Waals surface area contributed by atoms with Crippen LogP contribution in [0.2, 0.25) is 5.02 Å². The smallest absolute Gasteiger partial charge is 0.150 e. The minimum Gasteiger partial charge on any atom is -0.492 e. The Morgan fingerprint density at radius 2 is 2.11 bits per heavy atom. The third-order valence-corrected chi connectivity index (χ3v) is 4.76. The lowest BCUT2D eigenvalue weighted by Gasteiger charge is -2.09. The van der Waals surface area contributed by atoms with E-state index >= 15 is 0 Å². The van der Waals surface area contributed by atoms with E-state index in [0.29, 0.717) is 23.8 Å². The molecular weight excluding hydrogens is 286 g/mol. The fourth-order valence-electron chi connectivity index (χ4n) is 1.58. The molecule has 0 aliphatic heterocycles. The molecule has 0 saturated heterocycles. The van der Waals surface area contributed by atoms with Gasteiger partial charge >= 0.3 is 0 Å². The fourth-order valence-corrected chi connectivity index (χ4v) is 2.68. The lowest BCUT2D eigenvalue weighted by atomic mass is 10.2. The van der Waals surface area contributed by atoms with Crippen molar-refractivity contribution in [1.29, 1.82) is 0 Å². The highest BCUT2D eigenvalue weighted by atomic mass is 35.5. The molecule has 6 heteroatoms. The zero-order chi connectivity index (χ0) is 14.3. The number of halogens is 1. The number of sulfone groups is 1. The van der Waals surface area contributed by atoms with Crippen molar-refractivity contribution in [2.45, 2.75) is 19.9 Å². The van der Waals surface area contributed by atoms with Crippen molar-refractivity contribution in [2.75, 3.05) is 25.2 Å². The zero-order valence-electron chi connectivity index (χ0n) is 11.3. The summed E-state index contributed by atoms with van der Waals surface area (Å²) in [5, 5.41) is 3.59. The van der Waals surface area contributed by atoms with Crippen molar-refractivity contribution < 1.29 is 13.2 Å². The van der Waals surface area contributed by atoms with Gasteiger partial charge in [-0.1, -0.05) is 24.6 Å². The molecule has 0 aliphatic carbocycles. The standard InChI is InChI=1S/C13H20ClNO3S/c1-3-19(16,17)8-4-7-18-13-6-5-11(10-15-2)9-12(13)14/h5-6,9,15H,3-4,7-8,10H2,1-2H3. The van der Waals surface area contributed by atoms with E-state index in [4.69, 9.17) is 16.3 Å². The van der Waals surface area contributed by atoms with E-state index in [2.05, 4.69) is 5.32 Å². The van der Waals surface area contributed by atoms with E-state index in [-0.39, 0.29) is 11.5 Å². The quantitative estimate of drug-likeness (QED) is 0.749. The van der Waals surface area contributed by atoms with Crippen LogP contribution in [0.15, 0.2) is 18.2 Å². The number of benzene rings is 1. The van der Waals surface area contributed by atoms with E-state index in [0.717, 1.165) is 12.1 Å². The summed E-state index contributed by atoms with van der Waals surface area (Å²) < 4.78 is 28.1. The van der Waals surface area contributed by atoms with Gasteiger partial charge in [0.15, 0.2) is 0 Å². The number of hydrogen-bond acceptors (Lipinski definition) is 4. The molecule has 4 nitrogen and oxygen atoms in total. The number of ether oxygens (including phenoxy) is 1. The maximum Gasteiger partial charge on any atom is 0.150 e. The summed E-state index contributed by atoms with van der Waals surface area (Å²) in [7, 11) is -1.05. The van der Waals surface area contributed by atoms with Gasteiger partial charge in [-0.15, -0.1) is 0 Å². The SMILES string of the molecule is CCS(=O)(=O)CCCOc1ccc(CNC)cc1Cl. The van der Waals surface area contributed by atoms with E-state index in [1.807, 2.05) is 25.2 Å². The Balaban J connectivity index is 2.46. The highest BCUT2D eigenvalue weighted by Crippen LogP contribution is 2.25. The predicted molar refractivity (Wildman–Crippen MR) is 78.7 cm³/mol. The Hall–Kier alpha value is -0.780. The number of nitrogens with one attached hydrogen (secondary N) is 1. The summed E-state index contributed by atoms with van der Waals surface area (Å²) >= 11 is 6.09. The Morgan fingerprint density at radius 1 is 1.37 bits per heavy atom. The predicted octanol–water partition coefficient (Wildman–Crippen LogP) is 2.26. The number of hydrogen-bond donors (Lipinski definition) is 1. The molecule has 0 aromatic heterocycles. The summed E-state index contributed by atoms with van der Waals surface area (Å²) in [5.74, 6) is 0.918. The minimum absolute atomic E-state index is 0.152. The summed E-state index contributed by atoms with van der Waals surface area (Å²) in [6, 6.07) is 5.58. The number of rotatable bonds is 8. The van der Waals surface area contributed by atoms with Crippen LogP contribution in [-0.2, 0) is 16.4 Å². The third-order valence-electron chi connectivity index (χ3n) is 2.67. The molecule has 1 N–H and O–H groups in total. The zero-order valence-corrected chi connectivity index (χ0v) is 12.9. The second-order valence-corrected chi connectivity index (χ2v) is 7.11. The van der Waals surface area contributed by atoms with Crippen molar-refractivity contribution in [1.82, 2.24) is 5.32 Å². The van der Waals surface area contributed by atoms with Gasteiger partial charge in [-0.2, -0.15) is 0 Å². The third kappa shape index (κ3) is 5.80. The largest absolute Gasteiger partial charge is 0.492 e. The fraction of sp³-hybridized carbons (Fsp3) is 0.538. The minimum atomic E-state index is -2.92. The molecule has 1 aromatic carbocycles. The van der Waals surface area contributed by atoms with Crippen LogP contribution in [0.25, 0.3) is 0 Å². The Kier molecular flexibility index (Phi) is 6.62. The first-order valence-corrected chi connectivity index (χ1v) is 8.44. The molecule has 0 radical (unpaired) electrons. The van der Waals surface area contributed by atoms with Gasteiger partial charge in [0.25, 0.3) is 0 Å². The molecule has 0 bridgehead atoms. The second-order valence-electron chi connectivity index (χ2n) is 4.23. The molecule has 0 atom stereocenters. The molecule has 0 aliphatic rings. The first-order chi connectivity index (χ1) is 8.98. The van der Waals surface area contributed by atoms with Gasteiger partial charge in [0.2, 0.25) is 0 Å². The molecule has 0 amide bonds. The highest BCUT2D eigenvalue weighted by Gasteiger charge is 2.08. The lowest BCUT2D eigenvalue weighted by Crippen LogP contribution is -2.12. The van der Waals surface area contributed by atoms with Crippen LogP contribution in [0.4, 0.5) is 0 Å². The molecule has 0 fully saturated rings. The molecule has 19 heavy (non-hydrogen) atoms. The monoisotopic (exact) mass is 305 g/mol. The lowest BCUT2D eigenvalue weighted by molar-refractivity contribution is 0.318. The van der Waals surface area contributed by atoms with E-state index in [1.165, 1.54) is 0 Å². The molecule has 1 aromatic rings. The van der Waals surface area contributed by atoms with E-state index < -0.39 is 9.84 Å². The molecule has 0 heterocycles. The van der Waals surface area contributed by atoms with Gasteiger partial charge in [0, 0.05) is 12.3 Å². The molecule has 0 unspecified atom stereocenters. The van der Waals surface area contributed by atoms with Crippen LogP contribution in [-0.4, -0.2) is 33.6 Å². The van der Waals surface area contributed by atoms with Crippen LogP contribution in [0.5, 0.6) is 5.75 Å². The first-order valence-electron chi connectivity index (χ1n) is 6.24. The van der Waals surface area contributed by atoms with Crippen LogP contribution in [0, 0.1) is 0 Å². The summed E-state index contributed by atoms with van der Waals surface area (Å²) in [5.41, 5.74) is 1.08. The Labute approximate surface area is 120 Å². The highest BCUT2D eigenvalue weighted by molar-refractivity contribution is 7.91. The van der Waals surface area contributed by atoms with Crippen molar-refractivity contribution >= 4 is 21.4 Å². The normalized spacial score (nSPS) is 11.5. The maximum atomic E-state index is 11.3. The van der Waals surface area contributed by atoms with Gasteiger partial charge < -0.3 is 10.1 Å². The van der Waals surface area contributed by atoms with Crippen LogP contribution >= 0.6 is 11.6 Å². The van der Waals surface area contributed by atoms with Gasteiger partial charge in [-0.3, -0.25) is 0 Å². The molecular formula is C13H20ClNO3S. The molecule has 0 spiro atoms. The Bertz CT molecular complexity index is 503. The van der Waals surface area contributed by atoms with Crippen molar-refractivity contribution in [3.8, 4) is 5.75 Å². The summed E-state index contributed by atoms with van der Waals surface area (Å²) in [6.45, 7) is 2.74. The van der Waals surface area contributed by atoms with Crippen LogP contribution < -0.4 is 10.1 Å². The maximum absolute atomic E-state index is 11.3. The molecule has 0 saturated carbocycles. The van der Waals surface area contributed by atoms with Crippen molar-refractivity contribution in [3.63, 3.8) is 0 Å². The summed E-state index contributed by atoms with van der Waals surface area (Å²) in [6.07, 6.45) is 0.477. The van der Waals surface area contributed by atoms with Gasteiger partial charge in [-0.05, 0) is 31.2 Å². The summed E-state index contributed by atoms with van der Waals surface area (Å²) in [4.78, 5) is 0. The average molecular weight is 306 g/mol. The van der Waals surface area contributed by atoms with E-state index in [9.17, 15) is 8.42 Å². The van der Waals surface area contributed by atoms with Gasteiger partial charge in [0.05, 0.1) is 17.4 Å². The second kappa shape index (κ2) is 7.72. The van der Waals surface area contributed by atoms with Gasteiger partial charge in [0.1, 0.15) is 15.6 Å². The molecule has 1 rings (SSSR count). The van der Waals surface area contributed by atoms with Crippen molar-refractivity contribution in [2.24, 2.45) is 0 Å². The van der Waals surface area contributed by atoms with E-state index in [1.54, 1.807) is 6.92 Å². The van der Waals surface area contributed by atoms with Crippen LogP contribution in [0.1, 0.15) is 18.9 Å². The Morgan fingerprint density at radius 3 is 2.68 bits per heavy atom. The first kappa shape index (κ1) is 16.3. The topological polar surface area (TPSA) is 55.4 Å². The van der Waals surface area contributed by atoms with Gasteiger partial charge in [-0.25, -0.2) is 8.42 Å². The van der Waals surface area contributed by atoms with Crippen molar-refractivity contribution in [3.05, 3.63) is 28.8 Å². The van der Waals surface area contributed by atoms with Crippen LogP contribution in [0.3, 0.4) is 0 Å². The average Bonchev–Trinajstić information content (AvgIpc) is 2.37.